The monoisotopic (exact) mass is 222 g/mol. The third-order valence-electron chi connectivity index (χ3n) is 2.58. The third kappa shape index (κ3) is 1.65. The lowest BCUT2D eigenvalue weighted by Crippen LogP contribution is -2.43. The van der Waals surface area contributed by atoms with Crippen molar-refractivity contribution in [2.24, 2.45) is 0 Å². The Kier molecular flexibility index (Phi) is 2.39. The second-order valence-corrected chi connectivity index (χ2v) is 4.38. The number of methoxy groups -OCH3 is 1. The van der Waals surface area contributed by atoms with Gasteiger partial charge < -0.3 is 14.6 Å². The lowest BCUT2D eigenvalue weighted by atomic mass is 9.96. The van der Waals surface area contributed by atoms with Gasteiger partial charge in [0, 0.05) is 6.07 Å². The van der Waals surface area contributed by atoms with Gasteiger partial charge in [-0.1, -0.05) is 0 Å². The summed E-state index contributed by atoms with van der Waals surface area (Å²) in [5.41, 5.74) is -0.698. The van der Waals surface area contributed by atoms with Crippen LogP contribution in [0.4, 0.5) is 0 Å². The highest BCUT2D eigenvalue weighted by atomic mass is 16.5. The van der Waals surface area contributed by atoms with E-state index in [1.165, 1.54) is 0 Å². The summed E-state index contributed by atoms with van der Waals surface area (Å²) in [6.07, 6.45) is -0.838. The van der Waals surface area contributed by atoms with Crippen LogP contribution >= 0.6 is 0 Å². The Bertz CT molecular complexity index is 431. The predicted octanol–water partition coefficient (Wildman–Crippen LogP) is 1.41. The highest BCUT2D eigenvalue weighted by molar-refractivity contribution is 6.05. The van der Waals surface area contributed by atoms with Gasteiger partial charge in [-0.05, 0) is 26.0 Å². The van der Waals surface area contributed by atoms with Gasteiger partial charge in [0.05, 0.1) is 12.7 Å². The first kappa shape index (κ1) is 11.0. The summed E-state index contributed by atoms with van der Waals surface area (Å²) in [6.45, 7) is 3.11. The van der Waals surface area contributed by atoms with Gasteiger partial charge in [-0.15, -0.1) is 0 Å². The number of hydrogen-bond acceptors (Lipinski definition) is 4. The van der Waals surface area contributed by atoms with Crippen LogP contribution in [-0.4, -0.2) is 29.7 Å². The molecular weight excluding hydrogens is 208 g/mol. The van der Waals surface area contributed by atoms with E-state index in [0.29, 0.717) is 17.1 Å². The molecule has 16 heavy (non-hydrogen) atoms. The lowest BCUT2D eigenvalue weighted by Gasteiger charge is -2.23. The number of ketones is 1. The number of rotatable bonds is 2. The quantitative estimate of drug-likeness (QED) is 0.822. The summed E-state index contributed by atoms with van der Waals surface area (Å²) in [7, 11) is 1.55. The summed E-state index contributed by atoms with van der Waals surface area (Å²) in [5.74, 6) is 0.907. The van der Waals surface area contributed by atoms with Crippen molar-refractivity contribution in [3.05, 3.63) is 23.8 Å². The Hall–Kier alpha value is -1.55. The Morgan fingerprint density at radius 3 is 2.69 bits per heavy atom. The van der Waals surface area contributed by atoms with Crippen molar-refractivity contribution in [3.8, 4) is 11.5 Å². The third-order valence-corrected chi connectivity index (χ3v) is 2.58. The molecule has 1 atom stereocenters. The van der Waals surface area contributed by atoms with Crippen molar-refractivity contribution < 1.29 is 19.4 Å². The molecule has 0 amide bonds. The summed E-state index contributed by atoms with van der Waals surface area (Å²) in [5, 5.41) is 9.81. The van der Waals surface area contributed by atoms with Crippen molar-refractivity contribution in [3.63, 3.8) is 0 Å². The van der Waals surface area contributed by atoms with Gasteiger partial charge in [0.25, 0.3) is 0 Å². The summed E-state index contributed by atoms with van der Waals surface area (Å²) < 4.78 is 10.5. The first-order valence-corrected chi connectivity index (χ1v) is 5.05. The molecule has 0 aliphatic carbocycles. The Labute approximate surface area is 93.8 Å². The maximum atomic E-state index is 11.9. The van der Waals surface area contributed by atoms with Crippen LogP contribution in [0.5, 0.6) is 11.5 Å². The molecule has 1 aromatic rings. The summed E-state index contributed by atoms with van der Waals surface area (Å²) in [4.78, 5) is 11.9. The molecule has 0 spiro atoms. The summed E-state index contributed by atoms with van der Waals surface area (Å²) in [6, 6.07) is 5.01. The van der Waals surface area contributed by atoms with Crippen LogP contribution in [0.2, 0.25) is 0 Å². The number of hydrogen-bond donors (Lipinski definition) is 1. The van der Waals surface area contributed by atoms with Crippen LogP contribution in [0.3, 0.4) is 0 Å². The Balaban J connectivity index is 2.38. The van der Waals surface area contributed by atoms with E-state index >= 15 is 0 Å². The average Bonchev–Trinajstić information content (AvgIpc) is 2.55. The molecule has 1 aromatic carbocycles. The molecule has 0 radical (unpaired) electrons. The number of ether oxygens (including phenoxy) is 2. The first-order valence-electron chi connectivity index (χ1n) is 5.05. The van der Waals surface area contributed by atoms with Gasteiger partial charge in [0.15, 0.2) is 6.10 Å². The molecule has 1 aliphatic rings. The number of benzene rings is 1. The molecule has 4 heteroatoms. The smallest absolute Gasteiger partial charge is 0.210 e. The molecule has 0 saturated carbocycles. The molecule has 4 nitrogen and oxygen atoms in total. The molecule has 0 saturated heterocycles. The van der Waals surface area contributed by atoms with Gasteiger partial charge in [-0.2, -0.15) is 0 Å². The fraction of sp³-hybridized carbons (Fsp3) is 0.417. The van der Waals surface area contributed by atoms with Crippen molar-refractivity contribution in [1.29, 1.82) is 0 Å². The van der Waals surface area contributed by atoms with Crippen LogP contribution in [0, 0.1) is 0 Å². The minimum atomic E-state index is -1.19. The van der Waals surface area contributed by atoms with Crippen LogP contribution < -0.4 is 9.47 Å². The van der Waals surface area contributed by atoms with Crippen LogP contribution in [0.15, 0.2) is 18.2 Å². The zero-order chi connectivity index (χ0) is 11.9. The molecule has 0 bridgehead atoms. The van der Waals surface area contributed by atoms with Gasteiger partial charge in [-0.25, -0.2) is 0 Å². The van der Waals surface area contributed by atoms with Crippen LogP contribution in [0.25, 0.3) is 0 Å². The second kappa shape index (κ2) is 3.49. The molecule has 1 unspecified atom stereocenters. The van der Waals surface area contributed by atoms with Gasteiger partial charge in [0.1, 0.15) is 17.1 Å². The van der Waals surface area contributed by atoms with E-state index in [1.54, 1.807) is 39.2 Å². The first-order chi connectivity index (χ1) is 7.43. The van der Waals surface area contributed by atoms with Crippen LogP contribution in [-0.2, 0) is 0 Å². The standard InChI is InChI=1S/C12H14O4/c1-12(2,14)11-10(13)8-5-4-7(15-3)6-9(8)16-11/h4-6,11,14H,1-3H3. The normalized spacial score (nSPS) is 19.2. The lowest BCUT2D eigenvalue weighted by molar-refractivity contribution is -0.0139. The molecule has 1 aliphatic heterocycles. The molecule has 0 fully saturated rings. The fourth-order valence-electron chi connectivity index (χ4n) is 1.72. The SMILES string of the molecule is COc1ccc2c(c1)OC(C(C)(C)O)C2=O. The van der Waals surface area contributed by atoms with Crippen molar-refractivity contribution in [2.45, 2.75) is 25.6 Å². The number of carbonyl (C=O) groups excluding carboxylic acids is 1. The Morgan fingerprint density at radius 1 is 1.44 bits per heavy atom. The zero-order valence-corrected chi connectivity index (χ0v) is 9.48. The van der Waals surface area contributed by atoms with Crippen LogP contribution in [0.1, 0.15) is 24.2 Å². The highest BCUT2D eigenvalue weighted by Crippen LogP contribution is 2.35. The molecule has 1 N–H and O–H groups in total. The largest absolute Gasteiger partial charge is 0.497 e. The second-order valence-electron chi connectivity index (χ2n) is 4.38. The van der Waals surface area contributed by atoms with Gasteiger partial charge in [-0.3, -0.25) is 4.79 Å². The number of aliphatic hydroxyl groups is 1. The van der Waals surface area contributed by atoms with Crippen molar-refractivity contribution in [1.82, 2.24) is 0 Å². The molecule has 1 heterocycles. The van der Waals surface area contributed by atoms with E-state index < -0.39 is 11.7 Å². The van der Waals surface area contributed by atoms with E-state index in [1.807, 2.05) is 0 Å². The molecule has 0 aromatic heterocycles. The van der Waals surface area contributed by atoms with E-state index in [0.717, 1.165) is 0 Å². The van der Waals surface area contributed by atoms with E-state index in [2.05, 4.69) is 0 Å². The topological polar surface area (TPSA) is 55.8 Å². The zero-order valence-electron chi connectivity index (χ0n) is 9.48. The Morgan fingerprint density at radius 2 is 2.12 bits per heavy atom. The fourth-order valence-corrected chi connectivity index (χ4v) is 1.72. The van der Waals surface area contributed by atoms with Gasteiger partial charge in [0.2, 0.25) is 5.78 Å². The van der Waals surface area contributed by atoms with E-state index in [4.69, 9.17) is 9.47 Å². The predicted molar refractivity (Wildman–Crippen MR) is 58.0 cm³/mol. The molecule has 86 valence electrons. The van der Waals surface area contributed by atoms with Crippen molar-refractivity contribution in [2.75, 3.05) is 7.11 Å². The summed E-state index contributed by atoms with van der Waals surface area (Å²) >= 11 is 0. The van der Waals surface area contributed by atoms with Crippen molar-refractivity contribution >= 4 is 5.78 Å². The maximum absolute atomic E-state index is 11.9. The number of fused-ring (bicyclic) bond motifs is 1. The highest BCUT2D eigenvalue weighted by Gasteiger charge is 2.42. The minimum absolute atomic E-state index is 0.190. The van der Waals surface area contributed by atoms with E-state index in [-0.39, 0.29) is 5.78 Å². The number of Topliss-reactive ketones (excluding diaryl/α,β-unsaturated/α-hetero) is 1. The minimum Gasteiger partial charge on any atom is -0.497 e. The molecular formula is C12H14O4. The molecule has 2 rings (SSSR count). The van der Waals surface area contributed by atoms with E-state index in [9.17, 15) is 9.90 Å². The number of carbonyl (C=O) groups is 1. The maximum Gasteiger partial charge on any atom is 0.210 e. The van der Waals surface area contributed by atoms with Gasteiger partial charge >= 0.3 is 0 Å². The average molecular weight is 222 g/mol.